The zero-order valence-corrected chi connectivity index (χ0v) is 15.3. The Kier molecular flexibility index (Phi) is 5.46. The summed E-state index contributed by atoms with van der Waals surface area (Å²) in [4.78, 5) is 14.2. The van der Waals surface area contributed by atoms with Crippen LogP contribution in [0.3, 0.4) is 0 Å². The maximum atomic E-state index is 4.77. The molecule has 0 radical (unpaired) electrons. The number of thiophene rings is 1. The molecule has 1 atom stereocenters. The Morgan fingerprint density at radius 3 is 2.67 bits per heavy atom. The second-order valence-electron chi connectivity index (χ2n) is 5.42. The van der Waals surface area contributed by atoms with Crippen molar-refractivity contribution in [3.8, 4) is 0 Å². The van der Waals surface area contributed by atoms with E-state index in [2.05, 4.69) is 44.3 Å². The molecular weight excluding hydrogens is 300 g/mol. The summed E-state index contributed by atoms with van der Waals surface area (Å²) in [6, 6.07) is 0.518. The first kappa shape index (κ1) is 16.5. The number of fused-ring (bicyclic) bond motifs is 1. The molecule has 0 aliphatic rings. The number of hydrogen-bond acceptors (Lipinski definition) is 6. The van der Waals surface area contributed by atoms with Crippen molar-refractivity contribution in [3.05, 3.63) is 16.3 Å². The lowest BCUT2D eigenvalue weighted by Crippen LogP contribution is -2.31. The Hall–Kier alpha value is -0.850. The Bertz CT molecular complexity index is 624. The number of aryl methyl sites for hydroxylation is 2. The average molecular weight is 325 g/mol. The minimum atomic E-state index is 0.518. The van der Waals surface area contributed by atoms with Gasteiger partial charge in [0.1, 0.15) is 16.5 Å². The fourth-order valence-electron chi connectivity index (χ4n) is 2.29. The number of aromatic nitrogens is 2. The van der Waals surface area contributed by atoms with E-state index in [9.17, 15) is 0 Å². The number of thioether (sulfide) groups is 1. The van der Waals surface area contributed by atoms with Gasteiger partial charge in [0.2, 0.25) is 0 Å². The molecule has 2 rings (SSSR count). The molecule has 0 amide bonds. The molecule has 0 saturated carbocycles. The van der Waals surface area contributed by atoms with Crippen LogP contribution >= 0.6 is 23.1 Å². The molecule has 0 aliphatic heterocycles. The van der Waals surface area contributed by atoms with E-state index in [1.54, 1.807) is 11.3 Å². The van der Waals surface area contributed by atoms with E-state index in [0.717, 1.165) is 28.8 Å². The van der Waals surface area contributed by atoms with Crippen LogP contribution in [0.25, 0.3) is 10.2 Å². The molecule has 0 bridgehead atoms. The maximum Gasteiger partial charge on any atom is 0.146 e. The van der Waals surface area contributed by atoms with Gasteiger partial charge in [-0.2, -0.15) is 11.8 Å². The highest BCUT2D eigenvalue weighted by Crippen LogP contribution is 2.33. The van der Waals surface area contributed by atoms with Crippen LogP contribution in [-0.2, 0) is 6.54 Å². The van der Waals surface area contributed by atoms with E-state index in [1.807, 2.05) is 18.8 Å². The van der Waals surface area contributed by atoms with E-state index in [4.69, 9.17) is 9.97 Å². The summed E-state index contributed by atoms with van der Waals surface area (Å²) in [5.74, 6) is 2.96. The third kappa shape index (κ3) is 3.49. The molecule has 2 aromatic heterocycles. The molecule has 116 valence electrons. The van der Waals surface area contributed by atoms with Crippen molar-refractivity contribution in [1.29, 1.82) is 0 Å². The molecule has 6 heteroatoms. The fourth-order valence-corrected chi connectivity index (χ4v) is 4.08. The van der Waals surface area contributed by atoms with Gasteiger partial charge in [-0.05, 0) is 39.6 Å². The lowest BCUT2D eigenvalue weighted by Gasteiger charge is -2.23. The SMILES string of the molecule is CNc1nc(CN(C)C(C)CSC)nc2sc(C)c(C)c12. The first-order valence-electron chi connectivity index (χ1n) is 7.11. The van der Waals surface area contributed by atoms with Crippen molar-refractivity contribution in [3.63, 3.8) is 0 Å². The van der Waals surface area contributed by atoms with E-state index in [1.165, 1.54) is 15.8 Å². The molecule has 0 fully saturated rings. The van der Waals surface area contributed by atoms with Gasteiger partial charge in [0, 0.05) is 23.7 Å². The number of rotatable bonds is 6. The summed E-state index contributed by atoms with van der Waals surface area (Å²) in [6.45, 7) is 7.31. The van der Waals surface area contributed by atoms with Crippen LogP contribution < -0.4 is 5.32 Å². The quantitative estimate of drug-likeness (QED) is 0.880. The molecule has 21 heavy (non-hydrogen) atoms. The summed E-state index contributed by atoms with van der Waals surface area (Å²) in [7, 11) is 4.07. The summed E-state index contributed by atoms with van der Waals surface area (Å²) in [6.07, 6.45) is 2.14. The summed E-state index contributed by atoms with van der Waals surface area (Å²) in [5, 5.41) is 4.40. The molecule has 2 heterocycles. The zero-order chi connectivity index (χ0) is 15.6. The van der Waals surface area contributed by atoms with E-state index in [-0.39, 0.29) is 0 Å². The van der Waals surface area contributed by atoms with Crippen molar-refractivity contribution in [1.82, 2.24) is 14.9 Å². The molecular formula is C15H24N4S2. The van der Waals surface area contributed by atoms with Crippen LogP contribution in [0.15, 0.2) is 0 Å². The van der Waals surface area contributed by atoms with Crippen LogP contribution in [0.5, 0.6) is 0 Å². The van der Waals surface area contributed by atoms with Crippen molar-refractivity contribution in [2.75, 3.05) is 31.4 Å². The van der Waals surface area contributed by atoms with Crippen molar-refractivity contribution in [2.45, 2.75) is 33.4 Å². The molecule has 1 N–H and O–H groups in total. The van der Waals surface area contributed by atoms with Crippen LogP contribution in [-0.4, -0.2) is 47.0 Å². The Morgan fingerprint density at radius 2 is 2.05 bits per heavy atom. The summed E-state index contributed by atoms with van der Waals surface area (Å²) >= 11 is 3.63. The van der Waals surface area contributed by atoms with Crippen molar-refractivity contribution in [2.24, 2.45) is 0 Å². The van der Waals surface area contributed by atoms with Gasteiger partial charge in [-0.15, -0.1) is 11.3 Å². The second kappa shape index (κ2) is 6.94. The first-order valence-corrected chi connectivity index (χ1v) is 9.32. The van der Waals surface area contributed by atoms with Crippen LogP contribution in [0, 0.1) is 13.8 Å². The number of nitrogens with zero attached hydrogens (tertiary/aromatic N) is 3. The lowest BCUT2D eigenvalue weighted by atomic mass is 10.2. The van der Waals surface area contributed by atoms with Gasteiger partial charge in [0.05, 0.1) is 11.9 Å². The number of anilines is 1. The molecule has 1 unspecified atom stereocenters. The minimum absolute atomic E-state index is 0.518. The molecule has 4 nitrogen and oxygen atoms in total. The highest BCUT2D eigenvalue weighted by atomic mass is 32.2. The van der Waals surface area contributed by atoms with Crippen LogP contribution in [0.1, 0.15) is 23.2 Å². The van der Waals surface area contributed by atoms with Gasteiger partial charge in [0.25, 0.3) is 0 Å². The topological polar surface area (TPSA) is 41.1 Å². The van der Waals surface area contributed by atoms with Crippen molar-refractivity contribution < 1.29 is 0 Å². The van der Waals surface area contributed by atoms with Gasteiger partial charge in [-0.3, -0.25) is 4.90 Å². The predicted molar refractivity (Wildman–Crippen MR) is 95.7 cm³/mol. The van der Waals surface area contributed by atoms with Gasteiger partial charge in [-0.25, -0.2) is 9.97 Å². The first-order chi connectivity index (χ1) is 9.97. The minimum Gasteiger partial charge on any atom is -0.372 e. The largest absolute Gasteiger partial charge is 0.372 e. The lowest BCUT2D eigenvalue weighted by molar-refractivity contribution is 0.263. The normalized spacial score (nSPS) is 13.1. The van der Waals surface area contributed by atoms with Crippen LogP contribution in [0.4, 0.5) is 5.82 Å². The summed E-state index contributed by atoms with van der Waals surface area (Å²) in [5.41, 5.74) is 1.29. The van der Waals surface area contributed by atoms with E-state index in [0.29, 0.717) is 6.04 Å². The van der Waals surface area contributed by atoms with Gasteiger partial charge in [-0.1, -0.05) is 0 Å². The molecule has 0 saturated heterocycles. The molecule has 2 aromatic rings. The smallest absolute Gasteiger partial charge is 0.146 e. The molecule has 0 spiro atoms. The van der Waals surface area contributed by atoms with E-state index >= 15 is 0 Å². The zero-order valence-electron chi connectivity index (χ0n) is 13.6. The monoisotopic (exact) mass is 324 g/mol. The van der Waals surface area contributed by atoms with E-state index < -0.39 is 0 Å². The highest BCUT2D eigenvalue weighted by molar-refractivity contribution is 7.98. The average Bonchev–Trinajstić information content (AvgIpc) is 2.73. The third-order valence-corrected chi connectivity index (χ3v) is 5.78. The van der Waals surface area contributed by atoms with Gasteiger partial charge >= 0.3 is 0 Å². The number of hydrogen-bond donors (Lipinski definition) is 1. The standard InChI is InChI=1S/C15H24N4S2/c1-9(8-20-6)19(5)7-12-17-14(16-4)13-10(2)11(3)21-15(13)18-12/h9H,7-8H2,1-6H3,(H,16,17,18). The molecule has 0 aromatic carbocycles. The van der Waals surface area contributed by atoms with Crippen LogP contribution in [0.2, 0.25) is 0 Å². The van der Waals surface area contributed by atoms with Gasteiger partial charge in [0.15, 0.2) is 0 Å². The second-order valence-corrected chi connectivity index (χ2v) is 7.54. The van der Waals surface area contributed by atoms with Gasteiger partial charge < -0.3 is 5.32 Å². The Labute approximate surface area is 135 Å². The third-order valence-electron chi connectivity index (χ3n) is 3.86. The maximum absolute atomic E-state index is 4.77. The Balaban J connectivity index is 2.33. The Morgan fingerprint density at radius 1 is 1.33 bits per heavy atom. The fraction of sp³-hybridized carbons (Fsp3) is 0.600. The summed E-state index contributed by atoms with van der Waals surface area (Å²) < 4.78 is 0. The predicted octanol–water partition coefficient (Wildman–Crippen LogP) is 3.53. The molecule has 0 aliphatic carbocycles. The number of nitrogens with one attached hydrogen (secondary N) is 1. The van der Waals surface area contributed by atoms with Crippen molar-refractivity contribution >= 4 is 39.1 Å². The highest BCUT2D eigenvalue weighted by Gasteiger charge is 2.16.